The molecule has 4 N–H and O–H groups in total. The highest BCUT2D eigenvalue weighted by atomic mass is 16.2. The third-order valence-corrected chi connectivity index (χ3v) is 7.16. The number of amides is 2. The number of quaternary nitrogens is 1. The van der Waals surface area contributed by atoms with Gasteiger partial charge in [0.2, 0.25) is 0 Å². The summed E-state index contributed by atoms with van der Waals surface area (Å²) >= 11 is 0. The molecule has 2 rings (SSSR count). The Bertz CT molecular complexity index is 1130. The van der Waals surface area contributed by atoms with Crippen LogP contribution in [0.3, 0.4) is 0 Å². The molecule has 0 saturated heterocycles. The van der Waals surface area contributed by atoms with Crippen molar-refractivity contribution in [2.75, 3.05) is 32.5 Å². The van der Waals surface area contributed by atoms with Crippen molar-refractivity contribution in [1.29, 1.82) is 0 Å². The van der Waals surface area contributed by atoms with E-state index >= 15 is 0 Å². The number of nitrogens with zero attached hydrogens (tertiary/aromatic N) is 3. The number of aromatic nitrogens is 1. The van der Waals surface area contributed by atoms with Gasteiger partial charge in [-0.25, -0.2) is 0 Å². The first-order chi connectivity index (χ1) is 17.6. The van der Waals surface area contributed by atoms with E-state index in [1.807, 2.05) is 19.9 Å². The topological polar surface area (TPSA) is 109 Å². The number of anilines is 1. The summed E-state index contributed by atoms with van der Waals surface area (Å²) in [5.74, 6) is -0.413. The van der Waals surface area contributed by atoms with Crippen LogP contribution in [0.1, 0.15) is 56.6 Å². The van der Waals surface area contributed by atoms with E-state index in [0.29, 0.717) is 35.1 Å². The van der Waals surface area contributed by atoms with Crippen molar-refractivity contribution in [1.82, 2.24) is 10.3 Å². The van der Waals surface area contributed by atoms with Gasteiger partial charge in [-0.1, -0.05) is 19.1 Å². The number of allylic oxidation sites excluding steroid dienone is 3. The van der Waals surface area contributed by atoms with Gasteiger partial charge in [-0.3, -0.25) is 19.6 Å². The summed E-state index contributed by atoms with van der Waals surface area (Å²) in [6.45, 7) is 11.3. The number of aliphatic imine (C=N–C) groups is 1. The van der Waals surface area contributed by atoms with Crippen molar-refractivity contribution >= 4 is 23.7 Å². The maximum absolute atomic E-state index is 12.9. The smallest absolute Gasteiger partial charge is 0.252 e. The number of pyridine rings is 1. The second-order valence-electron chi connectivity index (χ2n) is 9.62. The zero-order valence-electron chi connectivity index (χ0n) is 23.3. The monoisotopic (exact) mass is 507 g/mol. The molecule has 8 nitrogen and oxygen atoms in total. The molecule has 200 valence electrons. The van der Waals surface area contributed by atoms with E-state index < -0.39 is 0 Å². The van der Waals surface area contributed by atoms with Crippen molar-refractivity contribution in [3.8, 4) is 0 Å². The molecule has 3 unspecified atom stereocenters. The van der Waals surface area contributed by atoms with Crippen LogP contribution in [0.25, 0.3) is 0 Å². The molecule has 3 atom stereocenters. The number of hydrogen-bond donors (Lipinski definition) is 3. The van der Waals surface area contributed by atoms with Gasteiger partial charge in [0, 0.05) is 56.2 Å². The Morgan fingerprint density at radius 2 is 2.03 bits per heavy atom. The van der Waals surface area contributed by atoms with Crippen LogP contribution in [-0.4, -0.2) is 66.8 Å². The van der Waals surface area contributed by atoms with Crippen LogP contribution in [0.4, 0.5) is 5.69 Å². The first-order valence-corrected chi connectivity index (χ1v) is 12.9. The predicted molar refractivity (Wildman–Crippen MR) is 152 cm³/mol. The summed E-state index contributed by atoms with van der Waals surface area (Å²) in [5.41, 5.74) is 10.1. The summed E-state index contributed by atoms with van der Waals surface area (Å²) in [7, 11) is 4.01. The quantitative estimate of drug-likeness (QED) is 0.252. The lowest BCUT2D eigenvalue weighted by atomic mass is 10.0. The standard InChI is InChI=1S/C29H42N6O2/c1-8-26-13-12-23(25(17-30)18-31-6)15-21(4)35(26,7)14-10-11-20(3)28(36)34-27-16-24(19-33-22(27)5)29(37)32-9-2/h11-13,15-19,21,26H,8-10,14H2,1-7H3,(H3-,30,31,32,34,36,37)/p+1. The van der Waals surface area contributed by atoms with Gasteiger partial charge in [0.1, 0.15) is 12.1 Å². The Morgan fingerprint density at radius 3 is 2.65 bits per heavy atom. The Hall–Kier alpha value is -3.52. The Labute approximate surface area is 221 Å². The summed E-state index contributed by atoms with van der Waals surface area (Å²) in [5, 5.41) is 5.67. The number of likely N-dealkylation sites (N-methyl/N-ethyl adjacent to an activating group) is 1. The van der Waals surface area contributed by atoms with Crippen molar-refractivity contribution in [2.24, 2.45) is 10.7 Å². The minimum atomic E-state index is -0.214. The van der Waals surface area contributed by atoms with Gasteiger partial charge in [0.05, 0.1) is 30.5 Å². The molecule has 0 fully saturated rings. The summed E-state index contributed by atoms with van der Waals surface area (Å²) in [6, 6.07) is 2.23. The van der Waals surface area contributed by atoms with E-state index in [2.05, 4.69) is 59.7 Å². The molecule has 0 aromatic carbocycles. The summed E-state index contributed by atoms with van der Waals surface area (Å²) < 4.78 is 0.820. The first-order valence-electron chi connectivity index (χ1n) is 12.9. The van der Waals surface area contributed by atoms with Gasteiger partial charge in [-0.2, -0.15) is 0 Å². The molecule has 8 heteroatoms. The minimum Gasteiger partial charge on any atom is -0.404 e. The van der Waals surface area contributed by atoms with E-state index in [-0.39, 0.29) is 17.9 Å². The Morgan fingerprint density at radius 1 is 1.30 bits per heavy atom. The third kappa shape index (κ3) is 7.49. The SMILES string of the molecule is CCNC(=O)c1cnc(C)c(NC(=O)C(C)=CCC[N+]2(C)C(C)C=C(/C(C=NC)=C/N)C=CC2CC)c1. The summed E-state index contributed by atoms with van der Waals surface area (Å²) in [6.07, 6.45) is 15.3. The van der Waals surface area contributed by atoms with Crippen LogP contribution >= 0.6 is 0 Å². The molecule has 0 saturated carbocycles. The lowest BCUT2D eigenvalue weighted by molar-refractivity contribution is -0.942. The van der Waals surface area contributed by atoms with E-state index in [4.69, 9.17) is 5.73 Å². The fraction of sp³-hybridized carbons (Fsp3) is 0.448. The molecule has 0 bridgehead atoms. The van der Waals surface area contributed by atoms with Gasteiger partial charge < -0.3 is 20.9 Å². The second kappa shape index (κ2) is 13.7. The van der Waals surface area contributed by atoms with E-state index in [1.165, 1.54) is 6.20 Å². The van der Waals surface area contributed by atoms with Crippen LogP contribution in [0.5, 0.6) is 0 Å². The second-order valence-corrected chi connectivity index (χ2v) is 9.62. The van der Waals surface area contributed by atoms with Crippen LogP contribution in [0.15, 0.2) is 64.5 Å². The summed E-state index contributed by atoms with van der Waals surface area (Å²) in [4.78, 5) is 33.5. The number of carbonyl (C=O) groups is 2. The van der Waals surface area contributed by atoms with Crippen molar-refractivity contribution < 1.29 is 14.1 Å². The highest BCUT2D eigenvalue weighted by Crippen LogP contribution is 2.28. The van der Waals surface area contributed by atoms with Gasteiger partial charge in [-0.05, 0) is 51.5 Å². The number of aryl methyl sites for hydroxylation is 1. The minimum absolute atomic E-state index is 0.199. The number of nitrogens with two attached hydrogens (primary N) is 1. The Kier molecular flexibility index (Phi) is 11.0. The molecule has 1 aliphatic rings. The largest absolute Gasteiger partial charge is 0.404 e. The van der Waals surface area contributed by atoms with E-state index in [9.17, 15) is 9.59 Å². The van der Waals surface area contributed by atoms with Crippen LogP contribution in [0, 0.1) is 6.92 Å². The lowest BCUT2D eigenvalue weighted by Crippen LogP contribution is -2.56. The van der Waals surface area contributed by atoms with Crippen molar-refractivity contribution in [3.63, 3.8) is 0 Å². The normalized spacial score (nSPS) is 22.5. The van der Waals surface area contributed by atoms with E-state index in [1.54, 1.807) is 32.5 Å². The third-order valence-electron chi connectivity index (χ3n) is 7.16. The van der Waals surface area contributed by atoms with Crippen LogP contribution < -0.4 is 16.4 Å². The van der Waals surface area contributed by atoms with Gasteiger partial charge >= 0.3 is 0 Å². The van der Waals surface area contributed by atoms with Crippen molar-refractivity contribution in [3.05, 3.63) is 70.7 Å². The maximum atomic E-state index is 12.9. The molecule has 1 aromatic heterocycles. The molecule has 0 radical (unpaired) electrons. The zero-order valence-corrected chi connectivity index (χ0v) is 23.3. The molecule has 2 heterocycles. The molecule has 0 aliphatic carbocycles. The van der Waals surface area contributed by atoms with Crippen molar-refractivity contribution in [2.45, 2.75) is 59.5 Å². The molecular formula is C29H43N6O2+. The zero-order chi connectivity index (χ0) is 27.6. The van der Waals surface area contributed by atoms with Crippen LogP contribution in [-0.2, 0) is 4.79 Å². The predicted octanol–water partition coefficient (Wildman–Crippen LogP) is 4.07. The van der Waals surface area contributed by atoms with Gasteiger partial charge in [0.15, 0.2) is 0 Å². The fourth-order valence-corrected chi connectivity index (χ4v) is 4.59. The average Bonchev–Trinajstić information content (AvgIpc) is 2.99. The van der Waals surface area contributed by atoms with Gasteiger partial charge in [0.25, 0.3) is 11.8 Å². The van der Waals surface area contributed by atoms with Gasteiger partial charge in [-0.15, -0.1) is 0 Å². The van der Waals surface area contributed by atoms with E-state index in [0.717, 1.165) is 35.0 Å². The number of rotatable bonds is 10. The molecule has 1 aliphatic heterocycles. The first kappa shape index (κ1) is 29.7. The highest BCUT2D eigenvalue weighted by molar-refractivity contribution is 6.04. The Balaban J connectivity index is 2.16. The number of nitrogens with one attached hydrogen (secondary N) is 2. The number of hydrogen-bond acceptors (Lipinski definition) is 5. The number of carbonyl (C=O) groups excluding carboxylic acids is 2. The average molecular weight is 508 g/mol. The molecule has 37 heavy (non-hydrogen) atoms. The molecule has 2 amide bonds. The molecular weight excluding hydrogens is 464 g/mol. The van der Waals surface area contributed by atoms with Crippen LogP contribution in [0.2, 0.25) is 0 Å². The molecule has 1 aromatic rings. The highest BCUT2D eigenvalue weighted by Gasteiger charge is 2.35. The fourth-order valence-electron chi connectivity index (χ4n) is 4.59. The maximum Gasteiger partial charge on any atom is 0.252 e. The molecule has 0 spiro atoms. The lowest BCUT2D eigenvalue weighted by Gasteiger charge is -2.43.